The fourth-order valence-corrected chi connectivity index (χ4v) is 4.23. The highest BCUT2D eigenvalue weighted by atomic mass is 16.2. The van der Waals surface area contributed by atoms with Gasteiger partial charge in [-0.2, -0.15) is 0 Å². The number of carbonyl (C=O) groups excluding carboxylic acids is 1. The molecule has 0 radical (unpaired) electrons. The Hall–Kier alpha value is -1.35. The summed E-state index contributed by atoms with van der Waals surface area (Å²) in [5.74, 6) is 1.81. The minimum atomic E-state index is 0.189. The van der Waals surface area contributed by atoms with E-state index in [0.29, 0.717) is 29.8 Å². The van der Waals surface area contributed by atoms with Crippen LogP contribution in [0.2, 0.25) is 0 Å². The number of rotatable bonds is 5. The monoisotopic (exact) mass is 312 g/mol. The molecule has 2 aliphatic carbocycles. The van der Waals surface area contributed by atoms with E-state index in [1.165, 1.54) is 24.0 Å². The molecule has 1 amide bonds. The van der Waals surface area contributed by atoms with Crippen LogP contribution in [-0.2, 0) is 4.79 Å². The van der Waals surface area contributed by atoms with Crippen molar-refractivity contribution in [2.75, 3.05) is 13.1 Å². The molecule has 2 saturated carbocycles. The molecule has 1 aromatic carbocycles. The van der Waals surface area contributed by atoms with Crippen molar-refractivity contribution in [2.45, 2.75) is 57.5 Å². The van der Waals surface area contributed by atoms with Crippen LogP contribution < -0.4 is 5.32 Å². The zero-order chi connectivity index (χ0) is 16.0. The Labute approximate surface area is 139 Å². The first-order chi connectivity index (χ1) is 11.1. The molecular formula is C20H28N2O. The van der Waals surface area contributed by atoms with E-state index in [-0.39, 0.29) is 5.92 Å². The number of benzene rings is 1. The molecule has 0 bridgehead atoms. The van der Waals surface area contributed by atoms with E-state index in [4.69, 9.17) is 0 Å². The summed E-state index contributed by atoms with van der Waals surface area (Å²) in [5.41, 5.74) is 2.89. The third kappa shape index (κ3) is 2.80. The zero-order valence-corrected chi connectivity index (χ0v) is 14.3. The summed E-state index contributed by atoms with van der Waals surface area (Å²) in [7, 11) is 0. The summed E-state index contributed by atoms with van der Waals surface area (Å²) >= 11 is 0. The summed E-state index contributed by atoms with van der Waals surface area (Å²) in [6.07, 6.45) is 4.74. The lowest BCUT2D eigenvalue weighted by atomic mass is 9.73. The molecule has 1 aromatic rings. The second-order valence-corrected chi connectivity index (χ2v) is 7.86. The number of carbonyl (C=O) groups is 1. The zero-order valence-electron chi connectivity index (χ0n) is 14.3. The maximum atomic E-state index is 13.0. The number of hydrogen-bond acceptors (Lipinski definition) is 2. The second kappa shape index (κ2) is 5.94. The Balaban J connectivity index is 1.42. The predicted octanol–water partition coefficient (Wildman–Crippen LogP) is 3.09. The van der Waals surface area contributed by atoms with E-state index >= 15 is 0 Å². The van der Waals surface area contributed by atoms with Crippen molar-refractivity contribution < 1.29 is 4.79 Å². The molecule has 3 fully saturated rings. The van der Waals surface area contributed by atoms with Gasteiger partial charge in [-0.25, -0.2) is 0 Å². The summed E-state index contributed by atoms with van der Waals surface area (Å²) < 4.78 is 0. The number of aryl methyl sites for hydroxylation is 1. The van der Waals surface area contributed by atoms with E-state index < -0.39 is 0 Å². The fourth-order valence-electron chi connectivity index (χ4n) is 4.23. The molecule has 1 heterocycles. The van der Waals surface area contributed by atoms with Crippen LogP contribution in [0.4, 0.5) is 0 Å². The van der Waals surface area contributed by atoms with Crippen LogP contribution in [0.15, 0.2) is 24.3 Å². The van der Waals surface area contributed by atoms with E-state index in [1.807, 2.05) is 0 Å². The molecule has 0 spiro atoms. The standard InChI is InChI=1S/C20H28N2O/c1-13-5-3-4-6-19(13)15-9-18(10-15)22(17-7-8-17)20(23)14(2)16-11-21-12-16/h3-6,14-18,21H,7-12H2,1-2H3. The van der Waals surface area contributed by atoms with Gasteiger partial charge < -0.3 is 10.2 Å². The summed E-state index contributed by atoms with van der Waals surface area (Å²) in [5, 5.41) is 3.30. The summed E-state index contributed by atoms with van der Waals surface area (Å²) in [6.45, 7) is 6.38. The molecule has 124 valence electrons. The minimum Gasteiger partial charge on any atom is -0.336 e. The van der Waals surface area contributed by atoms with Crippen LogP contribution in [0, 0.1) is 18.8 Å². The average molecular weight is 312 g/mol. The Bertz CT molecular complexity index is 585. The van der Waals surface area contributed by atoms with Gasteiger partial charge in [-0.1, -0.05) is 31.2 Å². The van der Waals surface area contributed by atoms with Crippen LogP contribution in [-0.4, -0.2) is 36.0 Å². The van der Waals surface area contributed by atoms with Gasteiger partial charge in [0.15, 0.2) is 0 Å². The molecule has 1 N–H and O–H groups in total. The van der Waals surface area contributed by atoms with Crippen molar-refractivity contribution in [1.82, 2.24) is 10.2 Å². The lowest BCUT2D eigenvalue weighted by Gasteiger charge is -2.46. The van der Waals surface area contributed by atoms with Crippen LogP contribution in [0.3, 0.4) is 0 Å². The molecule has 23 heavy (non-hydrogen) atoms. The summed E-state index contributed by atoms with van der Waals surface area (Å²) in [6, 6.07) is 9.75. The highest BCUT2D eigenvalue weighted by molar-refractivity contribution is 5.80. The molecular weight excluding hydrogens is 284 g/mol. The topological polar surface area (TPSA) is 32.3 Å². The van der Waals surface area contributed by atoms with Crippen LogP contribution in [0.25, 0.3) is 0 Å². The first kappa shape index (κ1) is 15.2. The van der Waals surface area contributed by atoms with Crippen molar-refractivity contribution in [2.24, 2.45) is 11.8 Å². The minimum absolute atomic E-state index is 0.189. The molecule has 1 unspecified atom stereocenters. The molecule has 1 saturated heterocycles. The fraction of sp³-hybridized carbons (Fsp3) is 0.650. The van der Waals surface area contributed by atoms with Gasteiger partial charge in [0.2, 0.25) is 5.91 Å². The van der Waals surface area contributed by atoms with Gasteiger partial charge >= 0.3 is 0 Å². The van der Waals surface area contributed by atoms with Crippen molar-refractivity contribution >= 4 is 5.91 Å². The maximum absolute atomic E-state index is 13.0. The quantitative estimate of drug-likeness (QED) is 0.906. The first-order valence-corrected chi connectivity index (χ1v) is 9.23. The van der Waals surface area contributed by atoms with Crippen LogP contribution >= 0.6 is 0 Å². The summed E-state index contributed by atoms with van der Waals surface area (Å²) in [4.78, 5) is 15.3. The third-order valence-corrected chi connectivity index (χ3v) is 6.24. The molecule has 3 heteroatoms. The first-order valence-electron chi connectivity index (χ1n) is 9.23. The highest BCUT2D eigenvalue weighted by Gasteiger charge is 2.46. The van der Waals surface area contributed by atoms with E-state index in [0.717, 1.165) is 25.9 Å². The second-order valence-electron chi connectivity index (χ2n) is 7.86. The van der Waals surface area contributed by atoms with Gasteiger partial charge in [0.25, 0.3) is 0 Å². The van der Waals surface area contributed by atoms with Crippen molar-refractivity contribution in [3.05, 3.63) is 35.4 Å². The van der Waals surface area contributed by atoms with Gasteiger partial charge in [0.05, 0.1) is 0 Å². The molecule has 3 aliphatic rings. The maximum Gasteiger partial charge on any atom is 0.226 e. The Morgan fingerprint density at radius 1 is 1.17 bits per heavy atom. The predicted molar refractivity (Wildman–Crippen MR) is 92.3 cm³/mol. The smallest absolute Gasteiger partial charge is 0.226 e. The number of amides is 1. The van der Waals surface area contributed by atoms with Crippen molar-refractivity contribution in [3.63, 3.8) is 0 Å². The average Bonchev–Trinajstić information content (AvgIpc) is 3.25. The molecule has 3 nitrogen and oxygen atoms in total. The van der Waals surface area contributed by atoms with Crippen LogP contribution in [0.1, 0.15) is 49.7 Å². The van der Waals surface area contributed by atoms with Gasteiger partial charge in [0.1, 0.15) is 0 Å². The van der Waals surface area contributed by atoms with E-state index in [2.05, 4.69) is 48.3 Å². The lowest BCUT2D eigenvalue weighted by molar-refractivity contribution is -0.142. The van der Waals surface area contributed by atoms with Gasteiger partial charge in [-0.3, -0.25) is 4.79 Å². The highest BCUT2D eigenvalue weighted by Crippen LogP contribution is 2.45. The Morgan fingerprint density at radius 3 is 2.43 bits per heavy atom. The van der Waals surface area contributed by atoms with Crippen LogP contribution in [0.5, 0.6) is 0 Å². The largest absolute Gasteiger partial charge is 0.336 e. The SMILES string of the molecule is Cc1ccccc1C1CC(N(C(=O)C(C)C2CNC2)C2CC2)C1. The number of nitrogens with one attached hydrogen (secondary N) is 1. The van der Waals surface area contributed by atoms with E-state index in [9.17, 15) is 4.79 Å². The van der Waals surface area contributed by atoms with E-state index in [1.54, 1.807) is 0 Å². The number of nitrogens with zero attached hydrogens (tertiary/aromatic N) is 1. The van der Waals surface area contributed by atoms with Gasteiger partial charge in [0, 0.05) is 18.0 Å². The Kier molecular flexibility index (Phi) is 3.92. The van der Waals surface area contributed by atoms with Crippen molar-refractivity contribution in [3.8, 4) is 0 Å². The normalized spacial score (nSPS) is 28.6. The molecule has 1 atom stereocenters. The molecule has 1 aliphatic heterocycles. The van der Waals surface area contributed by atoms with Gasteiger partial charge in [-0.15, -0.1) is 0 Å². The molecule has 0 aromatic heterocycles. The lowest BCUT2D eigenvalue weighted by Crippen LogP contribution is -2.55. The third-order valence-electron chi connectivity index (χ3n) is 6.24. The van der Waals surface area contributed by atoms with Gasteiger partial charge in [-0.05, 0) is 68.7 Å². The molecule has 4 rings (SSSR count). The Morgan fingerprint density at radius 2 is 1.87 bits per heavy atom. The number of hydrogen-bond donors (Lipinski definition) is 1. The van der Waals surface area contributed by atoms with Crippen molar-refractivity contribution in [1.29, 1.82) is 0 Å².